The highest BCUT2D eigenvalue weighted by molar-refractivity contribution is 7.89. The number of primary sulfonamides is 1. The fraction of sp³-hybridized carbons (Fsp3) is 0.778. The number of aromatic nitrogens is 3. The van der Waals surface area contributed by atoms with Gasteiger partial charge in [-0.15, -0.1) is 10.2 Å². The van der Waals surface area contributed by atoms with Gasteiger partial charge in [-0.3, -0.25) is 4.57 Å². The van der Waals surface area contributed by atoms with Crippen molar-refractivity contribution in [1.29, 1.82) is 0 Å². The lowest BCUT2D eigenvalue weighted by Crippen LogP contribution is -2.26. The van der Waals surface area contributed by atoms with Gasteiger partial charge < -0.3 is 9.47 Å². The van der Waals surface area contributed by atoms with Gasteiger partial charge in [0, 0.05) is 6.54 Å². The molecule has 0 aliphatic carbocycles. The Morgan fingerprint density at radius 2 is 2.22 bits per heavy atom. The molecular formula is C9H16N4O4S. The largest absolute Gasteiger partial charge is 0.376 e. The van der Waals surface area contributed by atoms with Crippen LogP contribution in [0.3, 0.4) is 0 Å². The van der Waals surface area contributed by atoms with E-state index in [1.54, 1.807) is 0 Å². The van der Waals surface area contributed by atoms with Gasteiger partial charge in [-0.1, -0.05) is 6.92 Å². The van der Waals surface area contributed by atoms with E-state index in [1.807, 2.05) is 6.92 Å². The monoisotopic (exact) mass is 276 g/mol. The lowest BCUT2D eigenvalue weighted by molar-refractivity contribution is -0.0949. The summed E-state index contributed by atoms with van der Waals surface area (Å²) >= 11 is 0. The van der Waals surface area contributed by atoms with Gasteiger partial charge >= 0.3 is 0 Å². The molecule has 1 atom stereocenters. The first-order valence-electron chi connectivity index (χ1n) is 5.69. The number of rotatable bonds is 4. The second-order valence-corrected chi connectivity index (χ2v) is 5.43. The number of ether oxygens (including phenoxy) is 2. The lowest BCUT2D eigenvalue weighted by atomic mass is 10.3. The molecule has 2 rings (SSSR count). The summed E-state index contributed by atoms with van der Waals surface area (Å²) in [7, 11) is -3.88. The van der Waals surface area contributed by atoms with Crippen molar-refractivity contribution in [1.82, 2.24) is 14.8 Å². The molecule has 0 spiro atoms. The van der Waals surface area contributed by atoms with Gasteiger partial charge in [0.15, 0.2) is 5.82 Å². The average Bonchev–Trinajstić information content (AvgIpc) is 2.74. The van der Waals surface area contributed by atoms with Gasteiger partial charge in [-0.2, -0.15) is 0 Å². The van der Waals surface area contributed by atoms with E-state index in [4.69, 9.17) is 14.6 Å². The van der Waals surface area contributed by atoms with E-state index in [0.29, 0.717) is 32.2 Å². The van der Waals surface area contributed by atoms with Crippen LogP contribution in [0.5, 0.6) is 0 Å². The van der Waals surface area contributed by atoms with Crippen molar-refractivity contribution >= 4 is 10.0 Å². The van der Waals surface area contributed by atoms with Crippen molar-refractivity contribution in [3.05, 3.63) is 5.82 Å². The Morgan fingerprint density at radius 1 is 1.44 bits per heavy atom. The van der Waals surface area contributed by atoms with Crippen LogP contribution in [0.4, 0.5) is 0 Å². The van der Waals surface area contributed by atoms with E-state index in [-0.39, 0.29) is 5.16 Å². The molecular weight excluding hydrogens is 260 g/mol. The minimum absolute atomic E-state index is 0.228. The van der Waals surface area contributed by atoms with E-state index < -0.39 is 16.1 Å². The van der Waals surface area contributed by atoms with Crippen molar-refractivity contribution in [2.24, 2.45) is 5.14 Å². The Balaban J connectivity index is 2.38. The Kier molecular flexibility index (Phi) is 3.95. The van der Waals surface area contributed by atoms with Crippen LogP contribution in [0, 0.1) is 0 Å². The summed E-state index contributed by atoms with van der Waals surface area (Å²) in [6.07, 6.45) is 0.342. The standard InChI is InChI=1S/C9H16N4O4S/c1-2-3-13-8(7-6-16-4-5-17-7)11-12-9(13)18(10,14)15/h7H,2-6H2,1H3,(H2,10,14,15). The second-order valence-electron chi connectivity index (χ2n) is 3.97. The third-order valence-corrected chi connectivity index (χ3v) is 3.36. The lowest BCUT2D eigenvalue weighted by Gasteiger charge is -2.22. The summed E-state index contributed by atoms with van der Waals surface area (Å²) in [5.41, 5.74) is 0. The van der Waals surface area contributed by atoms with Crippen LogP contribution in [-0.2, 0) is 26.0 Å². The summed E-state index contributed by atoms with van der Waals surface area (Å²) in [6, 6.07) is 0. The summed E-state index contributed by atoms with van der Waals surface area (Å²) in [5.74, 6) is 0.445. The maximum absolute atomic E-state index is 11.4. The van der Waals surface area contributed by atoms with Gasteiger partial charge in [0.05, 0.1) is 19.8 Å². The SMILES string of the molecule is CCCn1c(C2COCCO2)nnc1S(N)(=O)=O. The predicted octanol–water partition coefficient (Wildman–Crippen LogP) is -0.577. The number of hydrogen-bond donors (Lipinski definition) is 1. The molecule has 1 aliphatic rings. The molecule has 8 nitrogen and oxygen atoms in total. The maximum Gasteiger partial charge on any atom is 0.273 e. The van der Waals surface area contributed by atoms with E-state index in [2.05, 4.69) is 10.2 Å². The Bertz CT molecular complexity index is 507. The van der Waals surface area contributed by atoms with Gasteiger partial charge in [-0.05, 0) is 6.42 Å². The highest BCUT2D eigenvalue weighted by Gasteiger charge is 2.27. The second kappa shape index (κ2) is 5.31. The summed E-state index contributed by atoms with van der Waals surface area (Å²) in [6.45, 7) is 3.71. The summed E-state index contributed by atoms with van der Waals surface area (Å²) in [5, 5.41) is 12.4. The van der Waals surface area contributed by atoms with Crippen LogP contribution in [-0.4, -0.2) is 43.0 Å². The Labute approximate surface area is 105 Å². The topological polar surface area (TPSA) is 109 Å². The van der Waals surface area contributed by atoms with Gasteiger partial charge in [0.1, 0.15) is 6.10 Å². The highest BCUT2D eigenvalue weighted by Crippen LogP contribution is 2.21. The highest BCUT2D eigenvalue weighted by atomic mass is 32.2. The summed E-state index contributed by atoms with van der Waals surface area (Å²) in [4.78, 5) is 0. The molecule has 0 radical (unpaired) electrons. The zero-order chi connectivity index (χ0) is 13.2. The average molecular weight is 276 g/mol. The van der Waals surface area contributed by atoms with Crippen LogP contribution in [0.1, 0.15) is 25.3 Å². The molecule has 2 heterocycles. The fourth-order valence-corrected chi connectivity index (χ4v) is 2.47. The molecule has 1 aromatic heterocycles. The molecule has 0 amide bonds. The molecule has 102 valence electrons. The number of hydrogen-bond acceptors (Lipinski definition) is 6. The normalized spacial score (nSPS) is 21.1. The molecule has 0 aromatic carbocycles. The van der Waals surface area contributed by atoms with Crippen molar-refractivity contribution in [2.45, 2.75) is 31.1 Å². The first-order chi connectivity index (χ1) is 8.54. The van der Waals surface area contributed by atoms with E-state index in [1.165, 1.54) is 4.57 Å². The summed E-state index contributed by atoms with van der Waals surface area (Å²) < 4.78 is 35.1. The predicted molar refractivity (Wildman–Crippen MR) is 61.2 cm³/mol. The van der Waals surface area contributed by atoms with E-state index in [9.17, 15) is 8.42 Å². The molecule has 0 saturated carbocycles. The molecule has 1 saturated heterocycles. The van der Waals surface area contributed by atoms with Crippen molar-refractivity contribution in [3.8, 4) is 0 Å². The third-order valence-electron chi connectivity index (χ3n) is 2.55. The number of nitrogens with zero attached hydrogens (tertiary/aromatic N) is 3. The van der Waals surface area contributed by atoms with Crippen LogP contribution in [0.15, 0.2) is 5.16 Å². The molecule has 1 aromatic rings. The van der Waals surface area contributed by atoms with Crippen LogP contribution in [0.25, 0.3) is 0 Å². The fourth-order valence-electron chi connectivity index (χ4n) is 1.82. The van der Waals surface area contributed by atoms with Gasteiger partial charge in [-0.25, -0.2) is 13.6 Å². The Morgan fingerprint density at radius 3 is 2.78 bits per heavy atom. The molecule has 1 aliphatic heterocycles. The Hall–Kier alpha value is -1.03. The minimum Gasteiger partial charge on any atom is -0.376 e. The molecule has 1 fully saturated rings. The molecule has 9 heteroatoms. The smallest absolute Gasteiger partial charge is 0.273 e. The number of sulfonamides is 1. The van der Waals surface area contributed by atoms with Crippen LogP contribution >= 0.6 is 0 Å². The number of nitrogens with two attached hydrogens (primary N) is 1. The van der Waals surface area contributed by atoms with E-state index in [0.717, 1.165) is 6.42 Å². The first-order valence-corrected chi connectivity index (χ1v) is 7.24. The van der Waals surface area contributed by atoms with Crippen LogP contribution in [0.2, 0.25) is 0 Å². The molecule has 0 bridgehead atoms. The molecule has 2 N–H and O–H groups in total. The van der Waals surface area contributed by atoms with Crippen molar-refractivity contribution < 1.29 is 17.9 Å². The van der Waals surface area contributed by atoms with Crippen molar-refractivity contribution in [3.63, 3.8) is 0 Å². The van der Waals surface area contributed by atoms with Crippen molar-refractivity contribution in [2.75, 3.05) is 19.8 Å². The maximum atomic E-state index is 11.4. The van der Waals surface area contributed by atoms with Crippen LogP contribution < -0.4 is 5.14 Å². The third kappa shape index (κ3) is 2.69. The zero-order valence-corrected chi connectivity index (χ0v) is 10.9. The van der Waals surface area contributed by atoms with E-state index >= 15 is 0 Å². The quantitative estimate of drug-likeness (QED) is 0.788. The first kappa shape index (κ1) is 13.4. The molecule has 18 heavy (non-hydrogen) atoms. The zero-order valence-electron chi connectivity index (χ0n) is 10.1. The molecule has 1 unspecified atom stereocenters. The van der Waals surface area contributed by atoms with Gasteiger partial charge in [0.2, 0.25) is 0 Å². The minimum atomic E-state index is -3.88. The van der Waals surface area contributed by atoms with Gasteiger partial charge in [0.25, 0.3) is 15.2 Å².